The van der Waals surface area contributed by atoms with Gasteiger partial charge in [0.05, 0.1) is 12.9 Å². The van der Waals surface area contributed by atoms with Crippen LogP contribution in [0, 0.1) is 0 Å². The highest BCUT2D eigenvalue weighted by Gasteiger charge is 2.11. The van der Waals surface area contributed by atoms with Crippen LogP contribution in [0.4, 0.5) is 0 Å². The normalized spacial score (nSPS) is 13.5. The second-order valence-corrected chi connectivity index (χ2v) is 7.49. The Kier molecular flexibility index (Phi) is 5.98. The molecule has 0 fully saturated rings. The summed E-state index contributed by atoms with van der Waals surface area (Å²) in [7, 11) is 0.576. The number of nitrogens with two attached hydrogens (primary N) is 1. The molecule has 20 heavy (non-hydrogen) atoms. The van der Waals surface area contributed by atoms with Crippen LogP contribution in [0.1, 0.15) is 24.1 Å². The number of hydrogen-bond donors (Lipinski definition) is 1. The molecule has 1 atom stereocenters. The molecular formula is C14H24N2O3S. The molecule has 1 rings (SSSR count). The number of ether oxygens (including phenoxy) is 1. The van der Waals surface area contributed by atoms with Gasteiger partial charge in [-0.3, -0.25) is 0 Å². The number of nitrogens with zero attached hydrogens (tertiary/aromatic N) is 1. The fourth-order valence-corrected chi connectivity index (χ4v) is 2.54. The summed E-state index contributed by atoms with van der Waals surface area (Å²) in [4.78, 5) is 1.96. The first-order valence-electron chi connectivity index (χ1n) is 6.51. The molecule has 0 aliphatic rings. The van der Waals surface area contributed by atoms with Crippen LogP contribution in [0.15, 0.2) is 18.2 Å². The summed E-state index contributed by atoms with van der Waals surface area (Å²) in [6.45, 7) is 3.04. The van der Waals surface area contributed by atoms with E-state index < -0.39 is 9.84 Å². The first-order valence-corrected chi connectivity index (χ1v) is 8.57. The number of hydrogen-bond acceptors (Lipinski definition) is 5. The number of methoxy groups -OCH3 is 1. The maximum Gasteiger partial charge on any atom is 0.148 e. The average molecular weight is 300 g/mol. The monoisotopic (exact) mass is 300 g/mol. The molecule has 0 amide bonds. The Hall–Kier alpha value is -1.11. The molecule has 5 nitrogen and oxygen atoms in total. The first-order chi connectivity index (χ1) is 9.23. The molecule has 0 radical (unpaired) electrons. The van der Waals surface area contributed by atoms with E-state index in [0.29, 0.717) is 13.1 Å². The van der Waals surface area contributed by atoms with Crippen LogP contribution >= 0.6 is 0 Å². The van der Waals surface area contributed by atoms with Crippen molar-refractivity contribution in [1.29, 1.82) is 0 Å². The van der Waals surface area contributed by atoms with E-state index in [4.69, 9.17) is 10.5 Å². The Morgan fingerprint density at radius 3 is 2.55 bits per heavy atom. The largest absolute Gasteiger partial charge is 0.496 e. The van der Waals surface area contributed by atoms with E-state index in [2.05, 4.69) is 0 Å². The Morgan fingerprint density at radius 2 is 2.05 bits per heavy atom. The standard InChI is InChI=1S/C14H24N2O3S/c1-11(15)12-5-6-14(19-3)13(9-12)10-16(2)7-8-20(4,17)18/h5-6,9,11H,7-8,10,15H2,1-4H3. The lowest BCUT2D eigenvalue weighted by Crippen LogP contribution is -2.25. The minimum atomic E-state index is -2.94. The van der Waals surface area contributed by atoms with Crippen molar-refractivity contribution in [3.05, 3.63) is 29.3 Å². The molecule has 1 aromatic carbocycles. The Bertz CT molecular complexity index is 541. The molecule has 0 spiro atoms. The lowest BCUT2D eigenvalue weighted by Gasteiger charge is -2.19. The van der Waals surface area contributed by atoms with Gasteiger partial charge in [0.25, 0.3) is 0 Å². The molecule has 0 saturated carbocycles. The van der Waals surface area contributed by atoms with Gasteiger partial charge in [-0.2, -0.15) is 0 Å². The van der Waals surface area contributed by atoms with Crippen molar-refractivity contribution >= 4 is 9.84 Å². The smallest absolute Gasteiger partial charge is 0.148 e. The fraction of sp³-hybridized carbons (Fsp3) is 0.571. The van der Waals surface area contributed by atoms with Crippen LogP contribution in [0.3, 0.4) is 0 Å². The maximum absolute atomic E-state index is 11.2. The molecule has 6 heteroatoms. The summed E-state index contributed by atoms with van der Waals surface area (Å²) in [5.41, 5.74) is 7.94. The van der Waals surface area contributed by atoms with Gasteiger partial charge < -0.3 is 15.4 Å². The lowest BCUT2D eigenvalue weighted by molar-refractivity contribution is 0.333. The van der Waals surface area contributed by atoms with E-state index in [1.807, 2.05) is 37.1 Å². The molecule has 0 aromatic heterocycles. The minimum absolute atomic E-state index is 0.0408. The summed E-state index contributed by atoms with van der Waals surface area (Å²) in [6.07, 6.45) is 1.25. The zero-order valence-electron chi connectivity index (χ0n) is 12.6. The Labute approximate surface area is 121 Å². The first kappa shape index (κ1) is 16.9. The van der Waals surface area contributed by atoms with Gasteiger partial charge in [0.2, 0.25) is 0 Å². The second kappa shape index (κ2) is 7.06. The van der Waals surface area contributed by atoms with E-state index >= 15 is 0 Å². The van der Waals surface area contributed by atoms with Crippen molar-refractivity contribution < 1.29 is 13.2 Å². The molecular weight excluding hydrogens is 276 g/mol. The zero-order chi connectivity index (χ0) is 15.3. The fourth-order valence-electron chi connectivity index (χ4n) is 1.90. The van der Waals surface area contributed by atoms with E-state index in [0.717, 1.165) is 16.9 Å². The predicted octanol–water partition coefficient (Wildman–Crippen LogP) is 1.19. The zero-order valence-corrected chi connectivity index (χ0v) is 13.4. The third-order valence-electron chi connectivity index (χ3n) is 3.11. The number of benzene rings is 1. The summed E-state index contributed by atoms with van der Waals surface area (Å²) in [5, 5.41) is 0. The molecule has 0 heterocycles. The molecule has 0 aliphatic carbocycles. The Morgan fingerprint density at radius 1 is 1.40 bits per heavy atom. The van der Waals surface area contributed by atoms with Gasteiger partial charge in [-0.25, -0.2) is 8.42 Å². The SMILES string of the molecule is COc1ccc(C(C)N)cc1CN(C)CCS(C)(=O)=O. The second-order valence-electron chi connectivity index (χ2n) is 5.23. The third kappa shape index (κ3) is 5.48. The summed E-state index contributed by atoms with van der Waals surface area (Å²) in [5.74, 6) is 0.944. The van der Waals surface area contributed by atoms with E-state index in [9.17, 15) is 8.42 Å². The van der Waals surface area contributed by atoms with Crippen molar-refractivity contribution in [3.8, 4) is 5.75 Å². The maximum atomic E-state index is 11.2. The van der Waals surface area contributed by atoms with Crippen LogP contribution in [0.5, 0.6) is 5.75 Å². The average Bonchev–Trinajstić information content (AvgIpc) is 2.35. The van der Waals surface area contributed by atoms with Crippen molar-refractivity contribution in [3.63, 3.8) is 0 Å². The quantitative estimate of drug-likeness (QED) is 0.819. The van der Waals surface area contributed by atoms with Crippen molar-refractivity contribution in [2.75, 3.05) is 32.7 Å². The van der Waals surface area contributed by atoms with Gasteiger partial charge in [0, 0.05) is 31.0 Å². The molecule has 2 N–H and O–H groups in total. The number of rotatable bonds is 7. The van der Waals surface area contributed by atoms with Gasteiger partial charge in [-0.15, -0.1) is 0 Å². The highest BCUT2D eigenvalue weighted by Crippen LogP contribution is 2.23. The highest BCUT2D eigenvalue weighted by atomic mass is 32.2. The Balaban J connectivity index is 2.81. The van der Waals surface area contributed by atoms with Crippen LogP contribution in [-0.4, -0.2) is 46.0 Å². The minimum Gasteiger partial charge on any atom is -0.496 e. The van der Waals surface area contributed by atoms with Crippen LogP contribution in [-0.2, 0) is 16.4 Å². The summed E-state index contributed by atoms with van der Waals surface area (Å²) >= 11 is 0. The highest BCUT2D eigenvalue weighted by molar-refractivity contribution is 7.90. The number of sulfone groups is 1. The molecule has 1 unspecified atom stereocenters. The van der Waals surface area contributed by atoms with Gasteiger partial charge in [-0.05, 0) is 31.7 Å². The molecule has 0 bridgehead atoms. The molecule has 0 saturated heterocycles. The van der Waals surface area contributed by atoms with Crippen LogP contribution in [0.25, 0.3) is 0 Å². The summed E-state index contributed by atoms with van der Waals surface area (Å²) in [6, 6.07) is 5.82. The third-order valence-corrected chi connectivity index (χ3v) is 4.04. The van der Waals surface area contributed by atoms with Crippen molar-refractivity contribution in [2.24, 2.45) is 5.73 Å². The molecule has 0 aliphatic heterocycles. The van der Waals surface area contributed by atoms with Crippen LogP contribution in [0.2, 0.25) is 0 Å². The van der Waals surface area contributed by atoms with Crippen molar-refractivity contribution in [1.82, 2.24) is 4.90 Å². The predicted molar refractivity (Wildman–Crippen MR) is 81.6 cm³/mol. The van der Waals surface area contributed by atoms with Crippen LogP contribution < -0.4 is 10.5 Å². The van der Waals surface area contributed by atoms with Gasteiger partial charge in [0.15, 0.2) is 0 Å². The topological polar surface area (TPSA) is 72.6 Å². The molecule has 114 valence electrons. The van der Waals surface area contributed by atoms with Gasteiger partial charge in [-0.1, -0.05) is 6.07 Å². The molecule has 1 aromatic rings. The van der Waals surface area contributed by atoms with E-state index in [1.54, 1.807) is 7.11 Å². The summed E-state index contributed by atoms with van der Waals surface area (Å²) < 4.78 is 27.7. The van der Waals surface area contributed by atoms with Crippen molar-refractivity contribution in [2.45, 2.75) is 19.5 Å². The van der Waals surface area contributed by atoms with Gasteiger partial charge >= 0.3 is 0 Å². The van der Waals surface area contributed by atoms with E-state index in [1.165, 1.54) is 6.26 Å². The van der Waals surface area contributed by atoms with Gasteiger partial charge in [0.1, 0.15) is 15.6 Å². The lowest BCUT2D eigenvalue weighted by atomic mass is 10.0. The van der Waals surface area contributed by atoms with E-state index in [-0.39, 0.29) is 11.8 Å².